The van der Waals surface area contributed by atoms with E-state index in [1.807, 2.05) is 45.0 Å². The summed E-state index contributed by atoms with van der Waals surface area (Å²) in [5.41, 5.74) is 2.00. The molecule has 3 aromatic carbocycles. The van der Waals surface area contributed by atoms with Crippen molar-refractivity contribution in [3.05, 3.63) is 83.9 Å². The quantitative estimate of drug-likeness (QED) is 0.318. The van der Waals surface area contributed by atoms with Crippen molar-refractivity contribution in [3.63, 3.8) is 0 Å². The number of ether oxygens (including phenoxy) is 2. The van der Waals surface area contributed by atoms with E-state index in [0.717, 1.165) is 21.9 Å². The van der Waals surface area contributed by atoms with E-state index in [9.17, 15) is 18.0 Å². The van der Waals surface area contributed by atoms with Gasteiger partial charge in [-0.2, -0.15) is 0 Å². The molecule has 0 heterocycles. The molecule has 41 heavy (non-hydrogen) atoms. The second-order valence-electron chi connectivity index (χ2n) is 9.86. The molecule has 0 spiro atoms. The minimum absolute atomic E-state index is 0.00493. The lowest BCUT2D eigenvalue weighted by Crippen LogP contribution is -2.52. The Bertz CT molecular complexity index is 1430. The SMILES string of the molecule is CCC(C)NC(=O)C(C)N(Cc1ccc(C)cc1)C(=O)CN(c1cc(OC)ccc1OC)S(=O)(=O)c1ccccc1. The maximum absolute atomic E-state index is 14.1. The molecule has 3 rings (SSSR count). The van der Waals surface area contributed by atoms with Gasteiger partial charge in [0.15, 0.2) is 0 Å². The molecule has 10 heteroatoms. The minimum atomic E-state index is -4.24. The van der Waals surface area contributed by atoms with E-state index in [2.05, 4.69) is 5.32 Å². The molecule has 0 fully saturated rings. The largest absolute Gasteiger partial charge is 0.497 e. The molecule has 0 saturated heterocycles. The third-order valence-electron chi connectivity index (χ3n) is 6.91. The zero-order chi connectivity index (χ0) is 30.2. The maximum atomic E-state index is 14.1. The van der Waals surface area contributed by atoms with E-state index >= 15 is 0 Å². The summed E-state index contributed by atoms with van der Waals surface area (Å²) < 4.78 is 39.9. The van der Waals surface area contributed by atoms with Crippen molar-refractivity contribution in [3.8, 4) is 11.5 Å². The van der Waals surface area contributed by atoms with Crippen LogP contribution in [0.4, 0.5) is 5.69 Å². The van der Waals surface area contributed by atoms with Gasteiger partial charge in [-0.05, 0) is 57.0 Å². The molecule has 0 aliphatic heterocycles. The molecule has 220 valence electrons. The lowest BCUT2D eigenvalue weighted by Gasteiger charge is -2.33. The van der Waals surface area contributed by atoms with Crippen molar-refractivity contribution in [2.24, 2.45) is 0 Å². The van der Waals surface area contributed by atoms with Crippen LogP contribution in [0, 0.1) is 6.92 Å². The number of aryl methyl sites for hydroxylation is 1. The first-order chi connectivity index (χ1) is 19.5. The Morgan fingerprint density at radius 1 is 0.927 bits per heavy atom. The van der Waals surface area contributed by atoms with Gasteiger partial charge in [-0.1, -0.05) is 55.0 Å². The molecule has 0 radical (unpaired) electrons. The number of sulfonamides is 1. The highest BCUT2D eigenvalue weighted by Crippen LogP contribution is 2.36. The summed E-state index contributed by atoms with van der Waals surface area (Å²) in [6.45, 7) is 6.99. The number of benzene rings is 3. The van der Waals surface area contributed by atoms with Crippen molar-refractivity contribution in [1.82, 2.24) is 10.2 Å². The Kier molecular flexibility index (Phi) is 10.8. The molecule has 9 nitrogen and oxygen atoms in total. The molecule has 2 unspecified atom stereocenters. The van der Waals surface area contributed by atoms with Gasteiger partial charge in [-0.25, -0.2) is 8.42 Å². The topological polar surface area (TPSA) is 105 Å². The molecule has 0 saturated carbocycles. The average Bonchev–Trinajstić information content (AvgIpc) is 2.98. The number of hydrogen-bond donors (Lipinski definition) is 1. The lowest BCUT2D eigenvalue weighted by molar-refractivity contribution is -0.139. The summed E-state index contributed by atoms with van der Waals surface area (Å²) in [7, 11) is -1.35. The summed E-state index contributed by atoms with van der Waals surface area (Å²) in [5, 5.41) is 2.93. The van der Waals surface area contributed by atoms with E-state index in [-0.39, 0.29) is 34.8 Å². The molecule has 2 amide bonds. The predicted molar refractivity (Wildman–Crippen MR) is 160 cm³/mol. The summed E-state index contributed by atoms with van der Waals surface area (Å²) in [5.74, 6) is -0.247. The second-order valence-corrected chi connectivity index (χ2v) is 11.7. The van der Waals surface area contributed by atoms with Crippen LogP contribution in [0.2, 0.25) is 0 Å². The van der Waals surface area contributed by atoms with Gasteiger partial charge in [-0.3, -0.25) is 13.9 Å². The van der Waals surface area contributed by atoms with E-state index in [4.69, 9.17) is 9.47 Å². The van der Waals surface area contributed by atoms with E-state index in [1.54, 1.807) is 37.3 Å². The number of nitrogens with one attached hydrogen (secondary N) is 1. The zero-order valence-corrected chi connectivity index (χ0v) is 25.3. The fourth-order valence-electron chi connectivity index (χ4n) is 4.16. The van der Waals surface area contributed by atoms with Crippen LogP contribution in [0.1, 0.15) is 38.3 Å². The van der Waals surface area contributed by atoms with Gasteiger partial charge < -0.3 is 19.7 Å². The first kappa shape index (κ1) is 31.5. The third kappa shape index (κ3) is 7.79. The number of carbonyl (C=O) groups excluding carboxylic acids is 2. The van der Waals surface area contributed by atoms with E-state index < -0.39 is 28.5 Å². The van der Waals surface area contributed by atoms with Gasteiger partial charge in [0.05, 0.1) is 24.8 Å². The van der Waals surface area contributed by atoms with Crippen LogP contribution in [-0.2, 0) is 26.2 Å². The van der Waals surface area contributed by atoms with Crippen LogP contribution >= 0.6 is 0 Å². The fraction of sp³-hybridized carbons (Fsp3) is 0.355. The van der Waals surface area contributed by atoms with Gasteiger partial charge >= 0.3 is 0 Å². The Labute approximate surface area is 243 Å². The smallest absolute Gasteiger partial charge is 0.264 e. The number of hydrogen-bond acceptors (Lipinski definition) is 6. The number of carbonyl (C=O) groups is 2. The normalized spacial score (nSPS) is 12.6. The van der Waals surface area contributed by atoms with Gasteiger partial charge in [-0.15, -0.1) is 0 Å². The number of nitrogens with zero attached hydrogens (tertiary/aromatic N) is 2. The molecular weight excluding hydrogens is 542 g/mol. The van der Waals surface area contributed by atoms with Gasteiger partial charge in [0, 0.05) is 18.7 Å². The Hall–Kier alpha value is -4.05. The van der Waals surface area contributed by atoms with Crippen LogP contribution in [0.25, 0.3) is 0 Å². The fourth-order valence-corrected chi connectivity index (χ4v) is 5.60. The first-order valence-corrected chi connectivity index (χ1v) is 14.9. The first-order valence-electron chi connectivity index (χ1n) is 13.5. The summed E-state index contributed by atoms with van der Waals surface area (Å²) in [6, 6.07) is 19.3. The van der Waals surface area contributed by atoms with Gasteiger partial charge in [0.1, 0.15) is 24.1 Å². The summed E-state index contributed by atoms with van der Waals surface area (Å²) >= 11 is 0. The number of rotatable bonds is 13. The third-order valence-corrected chi connectivity index (χ3v) is 8.68. The average molecular weight is 582 g/mol. The van der Waals surface area contributed by atoms with Crippen molar-refractivity contribution in [2.45, 2.75) is 57.6 Å². The molecule has 0 aliphatic rings. The van der Waals surface area contributed by atoms with Crippen molar-refractivity contribution in [1.29, 1.82) is 0 Å². The van der Waals surface area contributed by atoms with Crippen LogP contribution in [-0.4, -0.2) is 58.0 Å². The van der Waals surface area contributed by atoms with Crippen molar-refractivity contribution in [2.75, 3.05) is 25.1 Å². The van der Waals surface area contributed by atoms with Crippen molar-refractivity contribution >= 4 is 27.5 Å². The molecular formula is C31H39N3O6S. The van der Waals surface area contributed by atoms with E-state index in [1.165, 1.54) is 37.3 Å². The highest BCUT2D eigenvalue weighted by Gasteiger charge is 2.34. The highest BCUT2D eigenvalue weighted by atomic mass is 32.2. The molecule has 0 bridgehead atoms. The van der Waals surface area contributed by atoms with Crippen LogP contribution in [0.3, 0.4) is 0 Å². The summed E-state index contributed by atoms with van der Waals surface area (Å²) in [6.07, 6.45) is 0.725. The van der Waals surface area contributed by atoms with Crippen molar-refractivity contribution < 1.29 is 27.5 Å². The Morgan fingerprint density at radius 3 is 2.17 bits per heavy atom. The van der Waals surface area contributed by atoms with Crippen LogP contribution < -0.4 is 19.1 Å². The second kappa shape index (κ2) is 14.0. The Balaban J connectivity index is 2.10. The highest BCUT2D eigenvalue weighted by molar-refractivity contribution is 7.92. The maximum Gasteiger partial charge on any atom is 0.264 e. The molecule has 3 aromatic rings. The molecule has 0 aromatic heterocycles. The molecule has 1 N–H and O–H groups in total. The Morgan fingerprint density at radius 2 is 1.59 bits per heavy atom. The number of amides is 2. The lowest BCUT2D eigenvalue weighted by atomic mass is 10.1. The molecule has 0 aliphatic carbocycles. The standard InChI is InChI=1S/C31H39N3O6S/c1-7-23(3)32-31(36)24(4)33(20-25-15-13-22(2)14-16-25)30(35)21-34(41(37,38)27-11-9-8-10-12-27)28-19-26(39-5)17-18-29(28)40-6/h8-19,23-24H,7,20-21H2,1-6H3,(H,32,36). The zero-order valence-electron chi connectivity index (χ0n) is 24.5. The minimum Gasteiger partial charge on any atom is -0.497 e. The summed E-state index contributed by atoms with van der Waals surface area (Å²) in [4.78, 5) is 28.7. The van der Waals surface area contributed by atoms with Crippen LogP contribution in [0.15, 0.2) is 77.7 Å². The number of methoxy groups -OCH3 is 2. The van der Waals surface area contributed by atoms with Gasteiger partial charge in [0.25, 0.3) is 10.0 Å². The molecule has 2 atom stereocenters. The number of anilines is 1. The van der Waals surface area contributed by atoms with E-state index in [0.29, 0.717) is 5.75 Å². The van der Waals surface area contributed by atoms with Crippen LogP contribution in [0.5, 0.6) is 11.5 Å². The van der Waals surface area contributed by atoms with Gasteiger partial charge in [0.2, 0.25) is 11.8 Å². The predicted octanol–water partition coefficient (Wildman–Crippen LogP) is 4.54. The monoisotopic (exact) mass is 581 g/mol.